The van der Waals surface area contributed by atoms with Crippen LogP contribution in [0.4, 0.5) is 4.39 Å². The molecule has 0 N–H and O–H groups in total. The van der Waals surface area contributed by atoms with Gasteiger partial charge in [0.15, 0.2) is 0 Å². The molecule has 0 bridgehead atoms. The van der Waals surface area contributed by atoms with Gasteiger partial charge < -0.3 is 14.5 Å². The maximum Gasteiger partial charge on any atom is 0.123 e. The lowest BCUT2D eigenvalue weighted by atomic mass is 9.57. The molecule has 4 nitrogen and oxygen atoms in total. The van der Waals surface area contributed by atoms with Gasteiger partial charge in [-0.15, -0.1) is 0 Å². The highest BCUT2D eigenvalue weighted by molar-refractivity contribution is 5.40. The first-order valence-corrected chi connectivity index (χ1v) is 13.4. The SMILES string of the molecule is CN1Cc2ccc(F)cc2C(C2CCCC2)(C2CCN(CCCOc3ccc(C#N)cc3)CC2)C1. The Bertz CT molecular complexity index is 1030. The minimum Gasteiger partial charge on any atom is -0.494 e. The number of hydrogen-bond acceptors (Lipinski definition) is 4. The summed E-state index contributed by atoms with van der Waals surface area (Å²) in [4.78, 5) is 5.07. The minimum absolute atomic E-state index is 0.0737. The predicted octanol–water partition coefficient (Wildman–Crippen LogP) is 5.75. The summed E-state index contributed by atoms with van der Waals surface area (Å²) in [5.74, 6) is 2.03. The van der Waals surface area contributed by atoms with E-state index >= 15 is 0 Å². The van der Waals surface area contributed by atoms with Crippen LogP contribution < -0.4 is 4.74 Å². The molecule has 1 aliphatic carbocycles. The third kappa shape index (κ3) is 5.10. The van der Waals surface area contributed by atoms with Crippen LogP contribution in [0.3, 0.4) is 0 Å². The number of halogens is 1. The Morgan fingerprint density at radius 1 is 1.03 bits per heavy atom. The number of ether oxygens (including phenoxy) is 1. The number of hydrogen-bond donors (Lipinski definition) is 0. The molecular formula is C30H38FN3O. The van der Waals surface area contributed by atoms with Crippen LogP contribution in [0.15, 0.2) is 42.5 Å². The van der Waals surface area contributed by atoms with Crippen LogP contribution in [0.2, 0.25) is 0 Å². The Labute approximate surface area is 209 Å². The van der Waals surface area contributed by atoms with E-state index in [4.69, 9.17) is 10.00 Å². The molecule has 35 heavy (non-hydrogen) atoms. The lowest BCUT2D eigenvalue weighted by Crippen LogP contribution is -2.55. The topological polar surface area (TPSA) is 39.5 Å². The Morgan fingerprint density at radius 2 is 1.74 bits per heavy atom. The number of fused-ring (bicyclic) bond motifs is 1. The van der Waals surface area contributed by atoms with Crippen molar-refractivity contribution in [3.05, 3.63) is 65.0 Å². The molecule has 3 aliphatic rings. The van der Waals surface area contributed by atoms with Crippen molar-refractivity contribution >= 4 is 0 Å². The van der Waals surface area contributed by atoms with Gasteiger partial charge in [-0.1, -0.05) is 18.9 Å². The second-order valence-corrected chi connectivity index (χ2v) is 10.9. The van der Waals surface area contributed by atoms with Crippen molar-refractivity contribution in [2.24, 2.45) is 11.8 Å². The van der Waals surface area contributed by atoms with Gasteiger partial charge in [0.1, 0.15) is 11.6 Å². The van der Waals surface area contributed by atoms with Crippen LogP contribution in [0.25, 0.3) is 0 Å². The fourth-order valence-electron chi connectivity index (χ4n) is 7.25. The summed E-state index contributed by atoms with van der Waals surface area (Å²) < 4.78 is 20.4. The summed E-state index contributed by atoms with van der Waals surface area (Å²) in [6.45, 7) is 5.97. The van der Waals surface area contributed by atoms with Crippen LogP contribution >= 0.6 is 0 Å². The van der Waals surface area contributed by atoms with Gasteiger partial charge in [-0.2, -0.15) is 5.26 Å². The fraction of sp³-hybridized carbons (Fsp3) is 0.567. The average molecular weight is 476 g/mol. The molecule has 2 fully saturated rings. The Morgan fingerprint density at radius 3 is 2.46 bits per heavy atom. The van der Waals surface area contributed by atoms with Crippen molar-refractivity contribution in [2.45, 2.75) is 56.9 Å². The summed E-state index contributed by atoms with van der Waals surface area (Å²) in [6.07, 6.45) is 8.59. The number of rotatable bonds is 7. The largest absolute Gasteiger partial charge is 0.494 e. The Balaban J connectivity index is 1.22. The number of benzene rings is 2. The summed E-state index contributed by atoms with van der Waals surface area (Å²) in [5.41, 5.74) is 3.42. The molecule has 186 valence electrons. The highest BCUT2D eigenvalue weighted by Gasteiger charge is 2.51. The predicted molar refractivity (Wildman–Crippen MR) is 137 cm³/mol. The van der Waals surface area contributed by atoms with E-state index in [0.29, 0.717) is 24.0 Å². The van der Waals surface area contributed by atoms with Gasteiger partial charge >= 0.3 is 0 Å². The molecule has 2 aliphatic heterocycles. The van der Waals surface area contributed by atoms with Crippen molar-refractivity contribution < 1.29 is 9.13 Å². The lowest BCUT2D eigenvalue weighted by molar-refractivity contribution is 0.0458. The second kappa shape index (κ2) is 10.7. The van der Waals surface area contributed by atoms with Crippen molar-refractivity contribution in [1.82, 2.24) is 9.80 Å². The Hall–Kier alpha value is -2.42. The molecule has 1 unspecified atom stereocenters. The van der Waals surface area contributed by atoms with E-state index in [0.717, 1.165) is 44.9 Å². The Kier molecular flexibility index (Phi) is 7.41. The summed E-state index contributed by atoms with van der Waals surface area (Å²) in [6, 6.07) is 15.1. The van der Waals surface area contributed by atoms with Crippen molar-refractivity contribution in [2.75, 3.05) is 39.8 Å². The zero-order chi connectivity index (χ0) is 24.3. The first kappa shape index (κ1) is 24.3. The van der Waals surface area contributed by atoms with Crippen molar-refractivity contribution in [3.63, 3.8) is 0 Å². The van der Waals surface area contributed by atoms with Gasteiger partial charge in [0, 0.05) is 25.0 Å². The first-order chi connectivity index (χ1) is 17.1. The molecule has 0 radical (unpaired) electrons. The van der Waals surface area contributed by atoms with Crippen LogP contribution in [0, 0.1) is 29.0 Å². The molecule has 1 saturated carbocycles. The van der Waals surface area contributed by atoms with E-state index in [9.17, 15) is 4.39 Å². The van der Waals surface area contributed by atoms with Gasteiger partial charge in [0.05, 0.1) is 18.2 Å². The van der Waals surface area contributed by atoms with Gasteiger partial charge in [-0.3, -0.25) is 0 Å². The minimum atomic E-state index is -0.0737. The van der Waals surface area contributed by atoms with Crippen molar-refractivity contribution in [3.8, 4) is 11.8 Å². The molecule has 1 saturated heterocycles. The van der Waals surface area contributed by atoms with Gasteiger partial charge in [0.25, 0.3) is 0 Å². The van der Waals surface area contributed by atoms with Gasteiger partial charge in [0.2, 0.25) is 0 Å². The summed E-state index contributed by atoms with van der Waals surface area (Å²) in [5, 5.41) is 8.92. The first-order valence-electron chi connectivity index (χ1n) is 13.4. The maximum atomic E-state index is 14.5. The summed E-state index contributed by atoms with van der Waals surface area (Å²) in [7, 11) is 2.25. The van der Waals surface area contributed by atoms with Crippen LogP contribution in [-0.4, -0.2) is 49.6 Å². The zero-order valence-electron chi connectivity index (χ0n) is 21.0. The zero-order valence-corrected chi connectivity index (χ0v) is 21.0. The number of nitriles is 1. The number of piperidine rings is 1. The summed E-state index contributed by atoms with van der Waals surface area (Å²) >= 11 is 0. The highest BCUT2D eigenvalue weighted by atomic mass is 19.1. The molecule has 2 heterocycles. The third-order valence-electron chi connectivity index (χ3n) is 8.82. The van der Waals surface area contributed by atoms with E-state index in [1.54, 1.807) is 18.2 Å². The highest BCUT2D eigenvalue weighted by Crippen LogP contribution is 2.53. The molecular weight excluding hydrogens is 437 g/mol. The van der Waals surface area contributed by atoms with Gasteiger partial charge in [-0.25, -0.2) is 4.39 Å². The molecule has 2 aromatic rings. The normalized spacial score (nSPS) is 24.3. The van der Waals surface area contributed by atoms with Crippen LogP contribution in [0.5, 0.6) is 5.75 Å². The second-order valence-electron chi connectivity index (χ2n) is 10.9. The van der Waals surface area contributed by atoms with E-state index in [1.807, 2.05) is 24.3 Å². The molecule has 1 atom stereocenters. The van der Waals surface area contributed by atoms with E-state index in [1.165, 1.54) is 49.7 Å². The van der Waals surface area contributed by atoms with Crippen LogP contribution in [-0.2, 0) is 12.0 Å². The average Bonchev–Trinajstić information content (AvgIpc) is 3.43. The quantitative estimate of drug-likeness (QED) is 0.478. The number of likely N-dealkylation sites (N-methyl/N-ethyl adjacent to an activating group) is 1. The van der Waals surface area contributed by atoms with E-state index in [-0.39, 0.29) is 11.2 Å². The lowest BCUT2D eigenvalue weighted by Gasteiger charge is -2.53. The molecule has 5 heteroatoms. The van der Waals surface area contributed by atoms with E-state index in [2.05, 4.69) is 22.9 Å². The van der Waals surface area contributed by atoms with E-state index < -0.39 is 0 Å². The standard InChI is InChI=1S/C30H38FN3O/c1-33-21-24-9-10-27(31)19-29(24)30(22-33,25-5-2-3-6-25)26-13-16-34(17-14-26)15-4-18-35-28-11-7-23(20-32)8-12-28/h7-12,19,25-26H,2-6,13-18,21-22H2,1H3. The fourth-order valence-corrected chi connectivity index (χ4v) is 7.25. The monoisotopic (exact) mass is 475 g/mol. The third-order valence-corrected chi connectivity index (χ3v) is 8.82. The van der Waals surface area contributed by atoms with Crippen molar-refractivity contribution in [1.29, 1.82) is 5.26 Å². The molecule has 5 rings (SSSR count). The molecule has 2 aromatic carbocycles. The molecule has 0 spiro atoms. The van der Waals surface area contributed by atoms with Crippen LogP contribution in [0.1, 0.15) is 61.6 Å². The smallest absolute Gasteiger partial charge is 0.123 e. The number of nitrogens with zero attached hydrogens (tertiary/aromatic N) is 3. The molecule has 0 amide bonds. The number of likely N-dealkylation sites (tertiary alicyclic amines) is 1. The molecule has 0 aromatic heterocycles. The van der Waals surface area contributed by atoms with Gasteiger partial charge in [-0.05, 0) is 112 Å². The maximum absolute atomic E-state index is 14.5.